The summed E-state index contributed by atoms with van der Waals surface area (Å²) in [7, 11) is -2.15. The Balaban J connectivity index is 2.70. The zero-order chi connectivity index (χ0) is 18.8. The van der Waals surface area contributed by atoms with Crippen LogP contribution >= 0.6 is 0 Å². The molecule has 0 amide bonds. The molecule has 1 fully saturated rings. The summed E-state index contributed by atoms with van der Waals surface area (Å²) in [4.78, 5) is 36.2. The van der Waals surface area contributed by atoms with Crippen molar-refractivity contribution in [2.45, 2.75) is 70.1 Å². The number of hydrogen-bond acceptors (Lipinski definition) is 5. The number of aliphatic hydroxyl groups excluding tert-OH is 1. The molecule has 1 saturated heterocycles. The molecule has 8 heteroatoms. The molecule has 1 N–H and O–H groups in total. The predicted molar refractivity (Wildman–Crippen MR) is 98.2 cm³/mol. The van der Waals surface area contributed by atoms with Gasteiger partial charge in [-0.1, -0.05) is 38.9 Å². The van der Waals surface area contributed by atoms with E-state index in [1.807, 2.05) is 0 Å². The Hall–Kier alpha value is -1.51. The number of unbranched alkanes of at least 4 members (excludes halogenated alkanes) is 1. The molecule has 1 aromatic rings. The lowest BCUT2D eigenvalue weighted by atomic mass is 10.2. The van der Waals surface area contributed by atoms with Crippen molar-refractivity contribution in [3.8, 4) is 0 Å². The molecule has 25 heavy (non-hydrogen) atoms. The average molecular weight is 369 g/mol. The van der Waals surface area contributed by atoms with Crippen molar-refractivity contribution in [1.82, 2.24) is 9.13 Å². The molecular weight excluding hydrogens is 340 g/mol. The van der Waals surface area contributed by atoms with E-state index in [9.17, 15) is 19.5 Å². The minimum atomic E-state index is -2.15. The van der Waals surface area contributed by atoms with Gasteiger partial charge in [-0.25, -0.2) is 4.79 Å². The van der Waals surface area contributed by atoms with Gasteiger partial charge >= 0.3 is 5.69 Å². The fourth-order valence-electron chi connectivity index (χ4n) is 3.74. The van der Waals surface area contributed by atoms with Gasteiger partial charge in [0.2, 0.25) is 6.41 Å². The smallest absolute Gasteiger partial charge is 0.339 e. The zero-order valence-electron chi connectivity index (χ0n) is 15.4. The van der Waals surface area contributed by atoms with Crippen LogP contribution in [0.5, 0.6) is 0 Å². The molecule has 1 aliphatic heterocycles. The van der Waals surface area contributed by atoms with Crippen molar-refractivity contribution in [3.05, 3.63) is 32.6 Å². The van der Waals surface area contributed by atoms with E-state index in [4.69, 9.17) is 4.74 Å². The highest BCUT2D eigenvalue weighted by Gasteiger charge is 2.54. The number of aliphatic hydroxyl groups is 1. The van der Waals surface area contributed by atoms with Crippen molar-refractivity contribution in [3.63, 3.8) is 0 Å². The number of aromatic nitrogens is 2. The second-order valence-electron chi connectivity index (χ2n) is 7.48. The van der Waals surface area contributed by atoms with Crippen molar-refractivity contribution >= 4 is 14.5 Å². The number of nitrogens with zero attached hydrogens (tertiary/aromatic N) is 2. The molecule has 2 atom stereocenters. The molecular formula is C17H28N2O5Si. The molecule has 140 valence electrons. The number of rotatable bonds is 7. The molecule has 7 nitrogen and oxygen atoms in total. The fourth-order valence-corrected chi connectivity index (χ4v) is 7.49. The zero-order valence-corrected chi connectivity index (χ0v) is 16.4. The van der Waals surface area contributed by atoms with Gasteiger partial charge in [0, 0.05) is 11.8 Å². The van der Waals surface area contributed by atoms with Crippen molar-refractivity contribution in [2.75, 3.05) is 6.61 Å². The lowest BCUT2D eigenvalue weighted by Crippen LogP contribution is -2.61. The van der Waals surface area contributed by atoms with Crippen molar-refractivity contribution in [2.24, 2.45) is 0 Å². The highest BCUT2D eigenvalue weighted by molar-refractivity contribution is 6.79. The Labute approximate surface area is 148 Å². The first-order valence-electron chi connectivity index (χ1n) is 8.83. The Bertz CT molecular complexity index is 754. The lowest BCUT2D eigenvalue weighted by molar-refractivity contribution is -0.0642. The van der Waals surface area contributed by atoms with Crippen LogP contribution in [-0.4, -0.2) is 41.4 Å². The first-order valence-corrected chi connectivity index (χ1v) is 12.0. The van der Waals surface area contributed by atoms with Crippen LogP contribution < -0.4 is 11.2 Å². The Kier molecular flexibility index (Phi) is 5.85. The summed E-state index contributed by atoms with van der Waals surface area (Å²) < 4.78 is 8.33. The maximum Gasteiger partial charge on any atom is 0.339 e. The molecule has 0 spiro atoms. The first-order chi connectivity index (χ1) is 11.7. The summed E-state index contributed by atoms with van der Waals surface area (Å²) >= 11 is 0. The molecule has 1 aliphatic rings. The molecule has 0 aromatic carbocycles. The van der Waals surface area contributed by atoms with Gasteiger partial charge in [0.25, 0.3) is 5.56 Å². The quantitative estimate of drug-likeness (QED) is 0.577. The lowest BCUT2D eigenvalue weighted by Gasteiger charge is -2.44. The van der Waals surface area contributed by atoms with E-state index in [-0.39, 0.29) is 19.1 Å². The van der Waals surface area contributed by atoms with Gasteiger partial charge < -0.3 is 9.84 Å². The molecule has 2 heterocycles. The Morgan fingerprint density at radius 1 is 1.44 bits per heavy atom. The number of hydrogen-bond donors (Lipinski definition) is 1. The summed E-state index contributed by atoms with van der Waals surface area (Å²) in [5, 5.41) is 8.68. The monoisotopic (exact) mass is 368 g/mol. The molecule has 0 radical (unpaired) electrons. The van der Waals surface area contributed by atoms with Gasteiger partial charge in [0.1, 0.15) is 13.4 Å². The summed E-state index contributed by atoms with van der Waals surface area (Å²) in [5.41, 5.74) is -0.945. The summed E-state index contributed by atoms with van der Waals surface area (Å²) in [6.45, 7) is 7.93. The van der Waals surface area contributed by atoms with Gasteiger partial charge in [-0.05, 0) is 19.8 Å². The van der Waals surface area contributed by atoms with Crippen LogP contribution in [0, 0.1) is 6.92 Å². The minimum Gasteiger partial charge on any atom is -0.394 e. The van der Waals surface area contributed by atoms with Gasteiger partial charge in [-0.3, -0.25) is 14.2 Å². The molecule has 2 rings (SSSR count). The molecule has 0 saturated carbocycles. The third-order valence-electron chi connectivity index (χ3n) is 5.37. The van der Waals surface area contributed by atoms with Crippen LogP contribution in [0.2, 0.25) is 19.1 Å². The van der Waals surface area contributed by atoms with Gasteiger partial charge in [0.15, 0.2) is 0 Å². The topological polar surface area (TPSA) is 90.5 Å². The summed E-state index contributed by atoms with van der Waals surface area (Å²) in [5.74, 6) is 0. The van der Waals surface area contributed by atoms with Crippen molar-refractivity contribution < 1.29 is 14.6 Å². The molecule has 1 aromatic heterocycles. The number of aryl methyl sites for hydroxylation is 1. The van der Waals surface area contributed by atoms with E-state index in [0.717, 1.165) is 18.9 Å². The normalized spacial score (nSPS) is 23.8. The third kappa shape index (κ3) is 3.30. The van der Waals surface area contributed by atoms with E-state index in [2.05, 4.69) is 20.0 Å². The predicted octanol–water partition coefficient (Wildman–Crippen LogP) is 1.23. The SMILES string of the molecule is CCCC[Si](C)(C)[C@]1(n2cc(C)c(=O)n(C=O)c2=O)CC[C@@H](CO)O1. The maximum atomic E-state index is 12.9. The summed E-state index contributed by atoms with van der Waals surface area (Å²) in [6, 6.07) is 0.952. The second kappa shape index (κ2) is 7.39. The minimum absolute atomic E-state index is 0.110. The third-order valence-corrected chi connectivity index (χ3v) is 9.70. The average Bonchev–Trinajstić information content (AvgIpc) is 3.03. The van der Waals surface area contributed by atoms with Gasteiger partial charge in [-0.2, -0.15) is 4.57 Å². The van der Waals surface area contributed by atoms with Crippen LogP contribution in [-0.2, 0) is 14.9 Å². The van der Waals surface area contributed by atoms with Crippen LogP contribution in [0.3, 0.4) is 0 Å². The molecule has 0 unspecified atom stereocenters. The van der Waals surface area contributed by atoms with Crippen LogP contribution in [0.15, 0.2) is 15.8 Å². The van der Waals surface area contributed by atoms with Crippen LogP contribution in [0.1, 0.15) is 38.2 Å². The largest absolute Gasteiger partial charge is 0.394 e. The van der Waals surface area contributed by atoms with E-state index >= 15 is 0 Å². The second-order valence-corrected chi connectivity index (χ2v) is 12.5. The first kappa shape index (κ1) is 19.8. The van der Waals surface area contributed by atoms with Gasteiger partial charge in [-0.15, -0.1) is 0 Å². The van der Waals surface area contributed by atoms with Crippen LogP contribution in [0.4, 0.5) is 0 Å². The fraction of sp³-hybridized carbons (Fsp3) is 0.706. The standard InChI is InChI=1S/C17H28N2O5Si/c1-5-6-9-25(3,4)17(8-7-14(11-20)24-17)19-10-13(2)15(22)18(12-21)16(19)23/h10,12,14,20H,5-9,11H2,1-4H3/t14-,17-/m0/s1. The Morgan fingerprint density at radius 2 is 2.12 bits per heavy atom. The molecule has 0 aliphatic carbocycles. The highest BCUT2D eigenvalue weighted by atomic mass is 28.3. The van der Waals surface area contributed by atoms with Crippen molar-refractivity contribution in [1.29, 1.82) is 0 Å². The maximum absolute atomic E-state index is 12.9. The number of carbonyl (C=O) groups excluding carboxylic acids is 1. The number of carbonyl (C=O) groups is 1. The van der Waals surface area contributed by atoms with E-state index in [1.54, 1.807) is 6.92 Å². The number of ether oxygens (including phenoxy) is 1. The van der Waals surface area contributed by atoms with E-state index in [1.165, 1.54) is 10.8 Å². The molecule has 0 bridgehead atoms. The van der Waals surface area contributed by atoms with Gasteiger partial charge in [0.05, 0.1) is 12.7 Å². The summed E-state index contributed by atoms with van der Waals surface area (Å²) in [6.07, 6.45) is 4.75. The highest BCUT2D eigenvalue weighted by Crippen LogP contribution is 2.43. The van der Waals surface area contributed by atoms with E-state index in [0.29, 0.717) is 23.0 Å². The van der Waals surface area contributed by atoms with Crippen LogP contribution in [0.25, 0.3) is 0 Å². The Morgan fingerprint density at radius 3 is 2.64 bits per heavy atom. The van der Waals surface area contributed by atoms with E-state index < -0.39 is 24.7 Å².